The number of sulfonamides is 1. The molecule has 0 aliphatic heterocycles. The van der Waals surface area contributed by atoms with Crippen LogP contribution >= 0.6 is 0 Å². The Labute approximate surface area is 149 Å². The van der Waals surface area contributed by atoms with E-state index in [2.05, 4.69) is 11.1 Å². The van der Waals surface area contributed by atoms with Crippen molar-refractivity contribution in [3.8, 4) is 5.75 Å². The maximum absolute atomic E-state index is 12.8. The summed E-state index contributed by atoms with van der Waals surface area (Å²) in [6.45, 7) is 5.03. The van der Waals surface area contributed by atoms with Gasteiger partial charge in [-0.25, -0.2) is 8.42 Å². The zero-order chi connectivity index (χ0) is 17.9. The van der Waals surface area contributed by atoms with Crippen LogP contribution in [0.2, 0.25) is 0 Å². The van der Waals surface area contributed by atoms with E-state index in [4.69, 9.17) is 4.74 Å². The Hall–Kier alpha value is -1.92. The van der Waals surface area contributed by atoms with Crippen molar-refractivity contribution in [3.05, 3.63) is 53.9 Å². The molecule has 1 aromatic heterocycles. The van der Waals surface area contributed by atoms with Gasteiger partial charge in [-0.15, -0.1) is 0 Å². The van der Waals surface area contributed by atoms with E-state index >= 15 is 0 Å². The van der Waals surface area contributed by atoms with E-state index in [1.165, 1.54) is 6.20 Å². The lowest BCUT2D eigenvalue weighted by molar-refractivity contribution is 0.286. The second kappa shape index (κ2) is 7.54. The fourth-order valence-electron chi connectivity index (χ4n) is 2.92. The monoisotopic (exact) mass is 360 g/mol. The molecule has 1 aromatic carbocycles. The summed E-state index contributed by atoms with van der Waals surface area (Å²) in [7, 11) is -3.48. The quantitative estimate of drug-likeness (QED) is 0.678. The zero-order valence-electron chi connectivity index (χ0n) is 14.7. The highest BCUT2D eigenvalue weighted by atomic mass is 32.2. The lowest BCUT2D eigenvalue weighted by Crippen LogP contribution is -2.34. The van der Waals surface area contributed by atoms with Gasteiger partial charge >= 0.3 is 0 Å². The molecule has 1 heterocycles. The maximum atomic E-state index is 12.8. The predicted octanol–water partition coefficient (Wildman–Crippen LogP) is 3.32. The van der Waals surface area contributed by atoms with E-state index in [9.17, 15) is 8.42 Å². The van der Waals surface area contributed by atoms with Gasteiger partial charge in [0.2, 0.25) is 10.0 Å². The molecule has 0 radical (unpaired) electrons. The molecule has 2 aromatic rings. The first-order valence-electron chi connectivity index (χ1n) is 8.60. The van der Waals surface area contributed by atoms with Gasteiger partial charge < -0.3 is 4.74 Å². The number of benzene rings is 1. The predicted molar refractivity (Wildman–Crippen MR) is 97.2 cm³/mol. The van der Waals surface area contributed by atoms with Crippen LogP contribution < -0.4 is 4.74 Å². The second-order valence-electron chi connectivity index (χ2n) is 6.56. The summed E-state index contributed by atoms with van der Waals surface area (Å²) in [6.07, 6.45) is 5.51. The van der Waals surface area contributed by atoms with Gasteiger partial charge in [0.1, 0.15) is 10.6 Å². The second-order valence-corrected chi connectivity index (χ2v) is 8.45. The summed E-state index contributed by atoms with van der Waals surface area (Å²) in [4.78, 5) is 4.20. The van der Waals surface area contributed by atoms with Gasteiger partial charge in [0, 0.05) is 25.0 Å². The minimum absolute atomic E-state index is 0.117. The molecule has 1 aliphatic carbocycles. The van der Waals surface area contributed by atoms with Crippen LogP contribution in [0.15, 0.2) is 47.6 Å². The number of aryl methyl sites for hydroxylation is 2. The Kier molecular flexibility index (Phi) is 5.39. The van der Waals surface area contributed by atoms with Gasteiger partial charge in [-0.1, -0.05) is 6.07 Å². The van der Waals surface area contributed by atoms with Crippen molar-refractivity contribution in [1.29, 1.82) is 0 Å². The first-order valence-corrected chi connectivity index (χ1v) is 10.0. The van der Waals surface area contributed by atoms with Crippen molar-refractivity contribution in [2.75, 3.05) is 13.2 Å². The third-order valence-electron chi connectivity index (χ3n) is 4.18. The normalized spacial score (nSPS) is 14.7. The third-order valence-corrected chi connectivity index (χ3v) is 6.12. The zero-order valence-corrected chi connectivity index (χ0v) is 15.5. The fraction of sp³-hybridized carbons (Fsp3) is 0.421. The summed E-state index contributed by atoms with van der Waals surface area (Å²) in [5.41, 5.74) is 2.32. The first kappa shape index (κ1) is 17.9. The number of nitrogens with zero attached hydrogens (tertiary/aromatic N) is 2. The number of ether oxygens (including phenoxy) is 1. The summed E-state index contributed by atoms with van der Waals surface area (Å²) in [5.74, 6) is 0.839. The number of hydrogen-bond donors (Lipinski definition) is 0. The molecular formula is C19H24N2O3S. The highest BCUT2D eigenvalue weighted by molar-refractivity contribution is 7.89. The lowest BCUT2D eigenvalue weighted by atomic mass is 10.1. The van der Waals surface area contributed by atoms with E-state index in [1.807, 2.05) is 26.0 Å². The van der Waals surface area contributed by atoms with Crippen LogP contribution in [-0.4, -0.2) is 36.9 Å². The molecule has 5 nitrogen and oxygen atoms in total. The van der Waals surface area contributed by atoms with Gasteiger partial charge in [0.25, 0.3) is 0 Å². The average molecular weight is 360 g/mol. The van der Waals surface area contributed by atoms with Crippen molar-refractivity contribution < 1.29 is 13.2 Å². The number of aromatic nitrogens is 1. The summed E-state index contributed by atoms with van der Waals surface area (Å²) in [5, 5.41) is 0. The number of hydrogen-bond acceptors (Lipinski definition) is 4. The third kappa shape index (κ3) is 4.58. The largest absolute Gasteiger partial charge is 0.494 e. The van der Waals surface area contributed by atoms with Crippen LogP contribution in [0.1, 0.15) is 30.4 Å². The summed E-state index contributed by atoms with van der Waals surface area (Å²) in [6, 6.07) is 9.47. The van der Waals surface area contributed by atoms with E-state index in [-0.39, 0.29) is 10.9 Å². The minimum Gasteiger partial charge on any atom is -0.494 e. The summed E-state index contributed by atoms with van der Waals surface area (Å²) < 4.78 is 33.0. The lowest BCUT2D eigenvalue weighted by Gasteiger charge is -2.21. The van der Waals surface area contributed by atoms with Gasteiger partial charge in [-0.2, -0.15) is 4.31 Å². The molecule has 25 heavy (non-hydrogen) atoms. The van der Waals surface area contributed by atoms with Crippen molar-refractivity contribution in [2.45, 2.75) is 44.0 Å². The first-order chi connectivity index (χ1) is 12.0. The molecule has 0 saturated heterocycles. The summed E-state index contributed by atoms with van der Waals surface area (Å²) >= 11 is 0. The molecule has 1 fully saturated rings. The molecule has 0 unspecified atom stereocenters. The van der Waals surface area contributed by atoms with Crippen molar-refractivity contribution in [3.63, 3.8) is 0 Å². The van der Waals surface area contributed by atoms with Gasteiger partial charge in [-0.3, -0.25) is 4.98 Å². The number of pyridine rings is 1. The molecule has 3 rings (SSSR count). The van der Waals surface area contributed by atoms with Gasteiger partial charge in [0.05, 0.1) is 6.61 Å². The molecule has 1 saturated carbocycles. The molecular weight excluding hydrogens is 336 g/mol. The van der Waals surface area contributed by atoms with Gasteiger partial charge in [-0.05, 0) is 68.5 Å². The Morgan fingerprint density at radius 3 is 2.52 bits per heavy atom. The van der Waals surface area contributed by atoms with Crippen LogP contribution in [0.3, 0.4) is 0 Å². The Bertz CT molecular complexity index is 798. The van der Waals surface area contributed by atoms with Crippen molar-refractivity contribution >= 4 is 10.0 Å². The topological polar surface area (TPSA) is 59.5 Å². The molecule has 6 heteroatoms. The molecule has 0 N–H and O–H groups in total. The van der Waals surface area contributed by atoms with Crippen LogP contribution in [0.4, 0.5) is 0 Å². The maximum Gasteiger partial charge on any atom is 0.244 e. The van der Waals surface area contributed by atoms with Crippen LogP contribution in [0.5, 0.6) is 5.75 Å². The molecule has 0 bridgehead atoms. The molecule has 1 aliphatic rings. The van der Waals surface area contributed by atoms with Gasteiger partial charge in [0.15, 0.2) is 0 Å². The fourth-order valence-corrected chi connectivity index (χ4v) is 4.61. The van der Waals surface area contributed by atoms with E-state index in [1.54, 1.807) is 22.6 Å². The van der Waals surface area contributed by atoms with Crippen LogP contribution in [0.25, 0.3) is 0 Å². The SMILES string of the molecule is Cc1cc(C)cc(OCCCN(C2CC2)S(=O)(=O)c2cccnc2)c1. The molecule has 0 amide bonds. The molecule has 0 spiro atoms. The van der Waals surface area contributed by atoms with Crippen molar-refractivity contribution in [2.24, 2.45) is 0 Å². The number of rotatable bonds is 8. The van der Waals surface area contributed by atoms with E-state index in [0.717, 1.165) is 29.7 Å². The van der Waals surface area contributed by atoms with E-state index in [0.29, 0.717) is 19.6 Å². The minimum atomic E-state index is -3.48. The molecule has 134 valence electrons. The van der Waals surface area contributed by atoms with E-state index < -0.39 is 10.0 Å². The standard InChI is InChI=1S/C19H24N2O3S/c1-15-11-16(2)13-18(12-15)24-10-4-9-21(17-6-7-17)25(22,23)19-5-3-8-20-14-19/h3,5,8,11-14,17H,4,6-7,9-10H2,1-2H3. The van der Waals surface area contributed by atoms with Crippen molar-refractivity contribution in [1.82, 2.24) is 9.29 Å². The smallest absolute Gasteiger partial charge is 0.244 e. The van der Waals surface area contributed by atoms with Crippen LogP contribution in [0, 0.1) is 13.8 Å². The highest BCUT2D eigenvalue weighted by Crippen LogP contribution is 2.32. The Morgan fingerprint density at radius 1 is 1.20 bits per heavy atom. The molecule has 0 atom stereocenters. The Balaban J connectivity index is 1.60. The Morgan fingerprint density at radius 2 is 1.92 bits per heavy atom. The van der Waals surface area contributed by atoms with Crippen LogP contribution in [-0.2, 0) is 10.0 Å². The average Bonchev–Trinajstić information content (AvgIpc) is 3.39. The highest BCUT2D eigenvalue weighted by Gasteiger charge is 2.37.